The molecule has 1 saturated heterocycles. The summed E-state index contributed by atoms with van der Waals surface area (Å²) in [5.41, 5.74) is -0.180. The van der Waals surface area contributed by atoms with Gasteiger partial charge in [0.15, 0.2) is 11.5 Å². The second-order valence-corrected chi connectivity index (χ2v) is 6.53. The predicted octanol–water partition coefficient (Wildman–Crippen LogP) is 2.07. The lowest BCUT2D eigenvalue weighted by atomic mass is 10.1. The van der Waals surface area contributed by atoms with Crippen molar-refractivity contribution in [2.24, 2.45) is 0 Å². The van der Waals surface area contributed by atoms with Crippen LogP contribution >= 0.6 is 0 Å². The number of aliphatic hydroxyl groups excluding tert-OH is 1. The van der Waals surface area contributed by atoms with Crippen molar-refractivity contribution in [2.45, 2.75) is 39.1 Å². The Morgan fingerprint density at radius 2 is 2.07 bits per heavy atom. The van der Waals surface area contributed by atoms with E-state index in [0.29, 0.717) is 13.1 Å². The van der Waals surface area contributed by atoms with E-state index in [1.54, 1.807) is 4.90 Å². The number of amides is 1. The van der Waals surface area contributed by atoms with Gasteiger partial charge in [-0.05, 0) is 19.9 Å². The predicted molar refractivity (Wildman–Crippen MR) is 90.4 cm³/mol. The van der Waals surface area contributed by atoms with Crippen molar-refractivity contribution in [3.05, 3.63) is 23.1 Å². The van der Waals surface area contributed by atoms with Crippen LogP contribution in [0.2, 0.25) is 0 Å². The average molecular weight is 387 g/mol. The standard InChI is InChI=1S/C17H20F3N3O4/c1-8-5-23(6-9(2)26-8)15-10(7-24)3-11-14(17(25)21-4-12(18)19)22-27-16(11)13(15)20/h3,8-9,12,24H,4-7H2,1-2H3,(H,21,25)/t8-,9+. The van der Waals surface area contributed by atoms with Crippen molar-refractivity contribution in [2.75, 3.05) is 24.5 Å². The molecule has 1 aliphatic heterocycles. The van der Waals surface area contributed by atoms with Crippen molar-refractivity contribution in [1.29, 1.82) is 0 Å². The Morgan fingerprint density at radius 3 is 2.67 bits per heavy atom. The summed E-state index contributed by atoms with van der Waals surface area (Å²) in [4.78, 5) is 13.8. The third kappa shape index (κ3) is 3.86. The number of alkyl halides is 2. The van der Waals surface area contributed by atoms with Gasteiger partial charge in [0.2, 0.25) is 5.58 Å². The summed E-state index contributed by atoms with van der Waals surface area (Å²) in [6.07, 6.45) is -3.00. The zero-order chi connectivity index (χ0) is 19.7. The number of carbonyl (C=O) groups excluding carboxylic acids is 1. The smallest absolute Gasteiger partial charge is 0.274 e. The largest absolute Gasteiger partial charge is 0.392 e. The third-order valence-corrected chi connectivity index (χ3v) is 4.30. The van der Waals surface area contributed by atoms with Crippen LogP contribution in [0.4, 0.5) is 18.9 Å². The summed E-state index contributed by atoms with van der Waals surface area (Å²) < 4.78 is 50.4. The molecule has 0 bridgehead atoms. The highest BCUT2D eigenvalue weighted by Gasteiger charge is 2.30. The Bertz CT molecular complexity index is 832. The first-order chi connectivity index (χ1) is 12.8. The fourth-order valence-electron chi connectivity index (χ4n) is 3.32. The Morgan fingerprint density at radius 1 is 1.41 bits per heavy atom. The van der Waals surface area contributed by atoms with Crippen molar-refractivity contribution in [1.82, 2.24) is 10.5 Å². The van der Waals surface area contributed by atoms with Crippen LogP contribution < -0.4 is 10.2 Å². The Kier molecular flexibility index (Phi) is 5.56. The number of hydrogen-bond donors (Lipinski definition) is 2. The van der Waals surface area contributed by atoms with Crippen molar-refractivity contribution in [3.8, 4) is 0 Å². The molecule has 7 nitrogen and oxygen atoms in total. The van der Waals surface area contributed by atoms with Gasteiger partial charge in [-0.3, -0.25) is 4.79 Å². The number of morpholine rings is 1. The van der Waals surface area contributed by atoms with E-state index < -0.39 is 31.3 Å². The van der Waals surface area contributed by atoms with Crippen LogP contribution in [0.25, 0.3) is 11.0 Å². The zero-order valence-electron chi connectivity index (χ0n) is 14.8. The lowest BCUT2D eigenvalue weighted by Crippen LogP contribution is -2.46. The van der Waals surface area contributed by atoms with Gasteiger partial charge in [-0.2, -0.15) is 0 Å². The number of ether oxygens (including phenoxy) is 1. The van der Waals surface area contributed by atoms with Crippen molar-refractivity contribution < 1.29 is 32.3 Å². The molecule has 0 unspecified atom stereocenters. The molecule has 1 aliphatic rings. The molecule has 148 valence electrons. The molecule has 1 amide bonds. The number of nitrogens with zero attached hydrogens (tertiary/aromatic N) is 2. The van der Waals surface area contributed by atoms with E-state index >= 15 is 4.39 Å². The van der Waals surface area contributed by atoms with E-state index in [4.69, 9.17) is 9.26 Å². The second-order valence-electron chi connectivity index (χ2n) is 6.53. The first-order valence-corrected chi connectivity index (χ1v) is 8.50. The minimum atomic E-state index is -2.73. The van der Waals surface area contributed by atoms with Crippen LogP contribution in [-0.4, -0.2) is 54.4 Å². The molecule has 3 rings (SSSR count). The zero-order valence-corrected chi connectivity index (χ0v) is 14.8. The Balaban J connectivity index is 2.02. The van der Waals surface area contributed by atoms with Crippen LogP contribution in [0.3, 0.4) is 0 Å². The monoisotopic (exact) mass is 387 g/mol. The number of benzene rings is 1. The number of fused-ring (bicyclic) bond motifs is 1. The number of aliphatic hydroxyl groups is 1. The fourth-order valence-corrected chi connectivity index (χ4v) is 3.32. The lowest BCUT2D eigenvalue weighted by molar-refractivity contribution is -0.00550. The van der Waals surface area contributed by atoms with E-state index in [1.807, 2.05) is 19.2 Å². The van der Waals surface area contributed by atoms with Gasteiger partial charge in [-0.25, -0.2) is 13.2 Å². The minimum absolute atomic E-state index is 0.0152. The molecule has 10 heteroatoms. The molecular weight excluding hydrogens is 367 g/mol. The van der Waals surface area contributed by atoms with Gasteiger partial charge in [0.1, 0.15) is 0 Å². The van der Waals surface area contributed by atoms with E-state index in [-0.39, 0.29) is 40.1 Å². The molecule has 0 aliphatic carbocycles. The number of anilines is 1. The van der Waals surface area contributed by atoms with Gasteiger partial charge < -0.3 is 24.6 Å². The Hall–Kier alpha value is -2.33. The second kappa shape index (κ2) is 7.73. The number of nitrogens with one attached hydrogen (secondary N) is 1. The van der Waals surface area contributed by atoms with Gasteiger partial charge in [0.25, 0.3) is 12.3 Å². The van der Waals surface area contributed by atoms with Crippen LogP contribution in [0.15, 0.2) is 10.6 Å². The number of carbonyl (C=O) groups is 1. The average Bonchev–Trinajstić information content (AvgIpc) is 3.02. The number of halogens is 3. The molecule has 2 atom stereocenters. The maximum Gasteiger partial charge on any atom is 0.274 e. The fraction of sp³-hybridized carbons (Fsp3) is 0.529. The van der Waals surface area contributed by atoms with E-state index in [0.717, 1.165) is 0 Å². The molecule has 1 aromatic carbocycles. The minimum Gasteiger partial charge on any atom is -0.392 e. The molecule has 1 fully saturated rings. The van der Waals surface area contributed by atoms with Crippen LogP contribution in [-0.2, 0) is 11.3 Å². The summed E-state index contributed by atoms with van der Waals surface area (Å²) in [6, 6.07) is 1.40. The summed E-state index contributed by atoms with van der Waals surface area (Å²) in [7, 11) is 0. The lowest BCUT2D eigenvalue weighted by Gasteiger charge is -2.37. The highest BCUT2D eigenvalue weighted by atomic mass is 19.3. The first kappa shape index (κ1) is 19.4. The van der Waals surface area contributed by atoms with Crippen molar-refractivity contribution in [3.63, 3.8) is 0 Å². The normalized spacial score (nSPS) is 20.5. The highest BCUT2D eigenvalue weighted by molar-refractivity contribution is 6.05. The summed E-state index contributed by atoms with van der Waals surface area (Å²) in [5.74, 6) is -1.67. The van der Waals surface area contributed by atoms with E-state index in [9.17, 15) is 18.7 Å². The maximum absolute atomic E-state index is 15.2. The van der Waals surface area contributed by atoms with Gasteiger partial charge in [-0.15, -0.1) is 0 Å². The van der Waals surface area contributed by atoms with Gasteiger partial charge in [0.05, 0.1) is 36.4 Å². The van der Waals surface area contributed by atoms with Crippen LogP contribution in [0, 0.1) is 5.82 Å². The molecule has 2 aromatic rings. The molecule has 0 radical (unpaired) electrons. The summed E-state index contributed by atoms with van der Waals surface area (Å²) >= 11 is 0. The summed E-state index contributed by atoms with van der Waals surface area (Å²) in [6.45, 7) is 3.20. The Labute approximate surface area is 153 Å². The van der Waals surface area contributed by atoms with Crippen LogP contribution in [0.5, 0.6) is 0 Å². The topological polar surface area (TPSA) is 87.8 Å². The van der Waals surface area contributed by atoms with Crippen LogP contribution in [0.1, 0.15) is 29.9 Å². The number of aromatic nitrogens is 1. The molecule has 0 spiro atoms. The van der Waals surface area contributed by atoms with Gasteiger partial charge in [0, 0.05) is 18.7 Å². The van der Waals surface area contributed by atoms with Crippen molar-refractivity contribution >= 4 is 22.6 Å². The van der Waals surface area contributed by atoms with Gasteiger partial charge in [-0.1, -0.05) is 5.16 Å². The molecule has 0 saturated carbocycles. The maximum atomic E-state index is 15.2. The molecule has 2 N–H and O–H groups in total. The SMILES string of the molecule is C[C@@H]1CN(c2c(CO)cc3c(C(=O)NCC(F)F)noc3c2F)C[C@H](C)O1. The summed E-state index contributed by atoms with van der Waals surface area (Å²) in [5, 5.41) is 15.3. The molecule has 27 heavy (non-hydrogen) atoms. The number of rotatable bonds is 5. The molecule has 2 heterocycles. The van der Waals surface area contributed by atoms with Gasteiger partial charge >= 0.3 is 0 Å². The third-order valence-electron chi connectivity index (χ3n) is 4.30. The molecule has 1 aromatic heterocycles. The highest BCUT2D eigenvalue weighted by Crippen LogP contribution is 2.35. The van der Waals surface area contributed by atoms with E-state index in [2.05, 4.69) is 5.16 Å². The quantitative estimate of drug-likeness (QED) is 0.817. The number of hydrogen-bond acceptors (Lipinski definition) is 6. The molecular formula is C17H20F3N3O4. The first-order valence-electron chi connectivity index (χ1n) is 8.50. The van der Waals surface area contributed by atoms with E-state index in [1.165, 1.54) is 6.07 Å².